The molecule has 0 aliphatic carbocycles. The van der Waals surface area contributed by atoms with Gasteiger partial charge in [-0.1, -0.05) is 23.2 Å². The molecular weight excluding hydrogens is 333 g/mol. The van der Waals surface area contributed by atoms with Crippen molar-refractivity contribution in [3.8, 4) is 0 Å². The second-order valence-electron chi connectivity index (χ2n) is 5.61. The highest BCUT2D eigenvalue weighted by molar-refractivity contribution is 7.89. The Balaban J connectivity index is 3.09. The first kappa shape index (κ1) is 18.7. The van der Waals surface area contributed by atoms with Crippen LogP contribution >= 0.6 is 23.2 Å². The summed E-state index contributed by atoms with van der Waals surface area (Å²) < 4.78 is 27.4. The summed E-state index contributed by atoms with van der Waals surface area (Å²) in [5.74, 6) is 0. The summed E-state index contributed by atoms with van der Waals surface area (Å²) in [4.78, 5) is 1.92. The van der Waals surface area contributed by atoms with E-state index in [0.29, 0.717) is 10.6 Å². The van der Waals surface area contributed by atoms with Gasteiger partial charge in [-0.25, -0.2) is 13.1 Å². The van der Waals surface area contributed by atoms with E-state index in [4.69, 9.17) is 28.9 Å². The molecular formula is C13H21Cl2N3O2S. The number of sulfonamides is 1. The fraction of sp³-hybridized carbons (Fsp3) is 0.538. The van der Waals surface area contributed by atoms with Crippen molar-refractivity contribution in [2.45, 2.75) is 30.8 Å². The lowest BCUT2D eigenvalue weighted by molar-refractivity contribution is 0.199. The number of nitrogens with zero attached hydrogens (tertiary/aromatic N) is 1. The summed E-state index contributed by atoms with van der Waals surface area (Å²) in [5.41, 5.74) is 5.75. The van der Waals surface area contributed by atoms with E-state index in [0.717, 1.165) is 0 Å². The van der Waals surface area contributed by atoms with E-state index < -0.39 is 10.0 Å². The number of benzene rings is 1. The summed E-state index contributed by atoms with van der Waals surface area (Å²) in [5, 5.41) is 0.433. The number of hydrogen-bond acceptors (Lipinski definition) is 4. The highest BCUT2D eigenvalue weighted by atomic mass is 35.5. The lowest BCUT2D eigenvalue weighted by Gasteiger charge is -2.32. The van der Waals surface area contributed by atoms with Crippen LogP contribution < -0.4 is 10.5 Å². The van der Waals surface area contributed by atoms with Crippen molar-refractivity contribution >= 4 is 33.2 Å². The van der Waals surface area contributed by atoms with E-state index in [1.54, 1.807) is 0 Å². The smallest absolute Gasteiger partial charge is 0.242 e. The Morgan fingerprint density at radius 3 is 2.29 bits per heavy atom. The molecule has 21 heavy (non-hydrogen) atoms. The molecule has 0 aromatic heterocycles. The summed E-state index contributed by atoms with van der Waals surface area (Å²) in [6.07, 6.45) is 0. The fourth-order valence-electron chi connectivity index (χ4n) is 1.44. The molecule has 3 N–H and O–H groups in total. The van der Waals surface area contributed by atoms with Gasteiger partial charge in [-0.15, -0.1) is 0 Å². The third kappa shape index (κ3) is 4.55. The minimum absolute atomic E-state index is 0.0106. The van der Waals surface area contributed by atoms with Crippen LogP contribution in [0.5, 0.6) is 0 Å². The molecule has 0 spiro atoms. The average molecular weight is 354 g/mol. The van der Waals surface area contributed by atoms with Gasteiger partial charge in [0.05, 0.1) is 5.02 Å². The van der Waals surface area contributed by atoms with Gasteiger partial charge in [-0.2, -0.15) is 0 Å². The molecule has 0 fully saturated rings. The van der Waals surface area contributed by atoms with Crippen molar-refractivity contribution in [2.24, 2.45) is 5.73 Å². The van der Waals surface area contributed by atoms with Crippen LogP contribution in [-0.4, -0.2) is 39.5 Å². The summed E-state index contributed by atoms with van der Waals surface area (Å²) in [7, 11) is 0.0402. The maximum absolute atomic E-state index is 12.4. The lowest BCUT2D eigenvalue weighted by atomic mass is 10.1. The van der Waals surface area contributed by atoms with Gasteiger partial charge in [-0.05, 0) is 45.6 Å². The Kier molecular flexibility index (Phi) is 6.06. The standard InChI is InChI=1S/C13H21Cl2N3O2S/c1-13(2,18(3)4)8-17-21(19,20)12-5-9(7-16)10(14)6-11(12)15/h5-6,17H,7-8,16H2,1-4H3. The van der Waals surface area contributed by atoms with Crippen LogP contribution in [0, 0.1) is 0 Å². The Hall–Kier alpha value is -0.370. The van der Waals surface area contributed by atoms with Crippen LogP contribution in [0.15, 0.2) is 17.0 Å². The first-order valence-electron chi connectivity index (χ1n) is 6.36. The van der Waals surface area contributed by atoms with E-state index >= 15 is 0 Å². The zero-order valence-electron chi connectivity index (χ0n) is 12.6. The van der Waals surface area contributed by atoms with Gasteiger partial charge < -0.3 is 10.6 Å². The first-order valence-corrected chi connectivity index (χ1v) is 8.60. The molecule has 1 aromatic rings. The van der Waals surface area contributed by atoms with Crippen molar-refractivity contribution < 1.29 is 8.42 Å². The third-order valence-corrected chi connectivity index (χ3v) is 5.73. The molecule has 0 aliphatic rings. The number of nitrogens with two attached hydrogens (primary N) is 1. The van der Waals surface area contributed by atoms with Crippen molar-refractivity contribution in [3.63, 3.8) is 0 Å². The topological polar surface area (TPSA) is 75.4 Å². The predicted molar refractivity (Wildman–Crippen MR) is 87.3 cm³/mol. The maximum Gasteiger partial charge on any atom is 0.242 e. The summed E-state index contributed by atoms with van der Waals surface area (Å²) >= 11 is 12.0. The SMILES string of the molecule is CN(C)C(C)(C)CNS(=O)(=O)c1cc(CN)c(Cl)cc1Cl. The molecule has 0 saturated carbocycles. The molecule has 0 saturated heterocycles. The van der Waals surface area contributed by atoms with E-state index in [9.17, 15) is 8.42 Å². The zero-order valence-corrected chi connectivity index (χ0v) is 14.9. The van der Waals surface area contributed by atoms with Gasteiger partial charge >= 0.3 is 0 Å². The van der Waals surface area contributed by atoms with Gasteiger partial charge in [0.15, 0.2) is 0 Å². The molecule has 120 valence electrons. The summed E-state index contributed by atoms with van der Waals surface area (Å²) in [6, 6.07) is 2.81. The zero-order chi connectivity index (χ0) is 16.4. The molecule has 8 heteroatoms. The highest BCUT2D eigenvalue weighted by Crippen LogP contribution is 2.28. The molecule has 0 radical (unpaired) electrons. The molecule has 0 unspecified atom stereocenters. The summed E-state index contributed by atoms with van der Waals surface area (Å²) in [6.45, 7) is 4.26. The number of rotatable bonds is 6. The normalized spacial score (nSPS) is 13.0. The van der Waals surface area contributed by atoms with Gasteiger partial charge in [-0.3, -0.25) is 0 Å². The molecule has 1 aromatic carbocycles. The van der Waals surface area contributed by atoms with Gasteiger partial charge in [0, 0.05) is 23.7 Å². The van der Waals surface area contributed by atoms with Crippen molar-refractivity contribution in [3.05, 3.63) is 27.7 Å². The average Bonchev–Trinajstić information content (AvgIpc) is 2.36. The molecule has 5 nitrogen and oxygen atoms in total. The second kappa shape index (κ2) is 6.81. The third-order valence-electron chi connectivity index (χ3n) is 3.52. The van der Waals surface area contributed by atoms with Crippen LogP contribution in [-0.2, 0) is 16.6 Å². The molecule has 0 amide bonds. The van der Waals surface area contributed by atoms with E-state index in [-0.39, 0.29) is 28.5 Å². The van der Waals surface area contributed by atoms with Crippen LogP contribution in [0.2, 0.25) is 10.0 Å². The van der Waals surface area contributed by atoms with Crippen molar-refractivity contribution in [2.75, 3.05) is 20.6 Å². The van der Waals surface area contributed by atoms with Crippen molar-refractivity contribution in [1.82, 2.24) is 9.62 Å². The molecule has 0 aliphatic heterocycles. The molecule has 0 heterocycles. The minimum atomic E-state index is -3.73. The van der Waals surface area contributed by atoms with E-state index in [1.165, 1.54) is 12.1 Å². The number of halogens is 2. The van der Waals surface area contributed by atoms with E-state index in [2.05, 4.69) is 4.72 Å². The van der Waals surface area contributed by atoms with E-state index in [1.807, 2.05) is 32.8 Å². The lowest BCUT2D eigenvalue weighted by Crippen LogP contribution is -2.48. The predicted octanol–water partition coefficient (Wildman–Crippen LogP) is 2.07. The molecule has 0 bridgehead atoms. The van der Waals surface area contributed by atoms with Gasteiger partial charge in [0.1, 0.15) is 4.90 Å². The Morgan fingerprint density at radius 1 is 1.24 bits per heavy atom. The highest BCUT2D eigenvalue weighted by Gasteiger charge is 2.26. The molecule has 1 rings (SSSR count). The Morgan fingerprint density at radius 2 is 1.81 bits per heavy atom. The quantitative estimate of drug-likeness (QED) is 0.820. The largest absolute Gasteiger partial charge is 0.326 e. The number of likely N-dealkylation sites (N-methyl/N-ethyl adjacent to an activating group) is 1. The maximum atomic E-state index is 12.4. The van der Waals surface area contributed by atoms with Crippen molar-refractivity contribution in [1.29, 1.82) is 0 Å². The Labute approximate surface area is 136 Å². The number of nitrogens with one attached hydrogen (secondary N) is 1. The molecule has 0 atom stereocenters. The second-order valence-corrected chi connectivity index (χ2v) is 8.16. The Bertz CT molecular complexity index is 616. The van der Waals surface area contributed by atoms with Crippen LogP contribution in [0.4, 0.5) is 0 Å². The van der Waals surface area contributed by atoms with Crippen LogP contribution in [0.1, 0.15) is 19.4 Å². The monoisotopic (exact) mass is 353 g/mol. The van der Waals surface area contributed by atoms with Gasteiger partial charge in [0.2, 0.25) is 10.0 Å². The first-order chi connectivity index (χ1) is 9.51. The van der Waals surface area contributed by atoms with Gasteiger partial charge in [0.25, 0.3) is 0 Å². The number of hydrogen-bond donors (Lipinski definition) is 2. The van der Waals surface area contributed by atoms with Crippen LogP contribution in [0.3, 0.4) is 0 Å². The minimum Gasteiger partial charge on any atom is -0.326 e. The fourth-order valence-corrected chi connectivity index (χ4v) is 3.52. The van der Waals surface area contributed by atoms with Crippen LogP contribution in [0.25, 0.3) is 0 Å².